The lowest BCUT2D eigenvalue weighted by atomic mass is 10.1. The van der Waals surface area contributed by atoms with Gasteiger partial charge in [-0.25, -0.2) is 0 Å². The van der Waals surface area contributed by atoms with Gasteiger partial charge in [-0.2, -0.15) is 0 Å². The van der Waals surface area contributed by atoms with Crippen molar-refractivity contribution in [3.8, 4) is 0 Å². The monoisotopic (exact) mass is 345 g/mol. The van der Waals surface area contributed by atoms with Crippen molar-refractivity contribution in [2.75, 3.05) is 26.9 Å². The summed E-state index contributed by atoms with van der Waals surface area (Å²) in [6.45, 7) is 13.9. The molecule has 5 nitrogen and oxygen atoms in total. The predicted octanol–water partition coefficient (Wildman–Crippen LogP) is 3.33. The van der Waals surface area contributed by atoms with Crippen LogP contribution in [0.4, 0.5) is 0 Å². The van der Waals surface area contributed by atoms with Crippen molar-refractivity contribution >= 4 is 14.5 Å². The molecule has 1 saturated heterocycles. The molecule has 23 heavy (non-hydrogen) atoms. The second-order valence-corrected chi connectivity index (χ2v) is 8.92. The Bertz CT molecular complexity index is 336. The van der Waals surface area contributed by atoms with Gasteiger partial charge in [-0.15, -0.1) is 0 Å². The molecule has 0 aromatic carbocycles. The van der Waals surface area contributed by atoms with Gasteiger partial charge in [0, 0.05) is 26.9 Å². The average molecular weight is 346 g/mol. The summed E-state index contributed by atoms with van der Waals surface area (Å²) < 4.78 is 18.5. The van der Waals surface area contributed by atoms with Gasteiger partial charge in [0.2, 0.25) is 5.91 Å². The van der Waals surface area contributed by atoms with E-state index >= 15 is 0 Å². The van der Waals surface area contributed by atoms with Crippen molar-refractivity contribution in [2.24, 2.45) is 0 Å². The van der Waals surface area contributed by atoms with Gasteiger partial charge in [0.15, 0.2) is 0 Å². The van der Waals surface area contributed by atoms with E-state index in [1.807, 2.05) is 0 Å². The van der Waals surface area contributed by atoms with Crippen LogP contribution >= 0.6 is 0 Å². The van der Waals surface area contributed by atoms with Crippen LogP contribution in [-0.2, 0) is 18.4 Å². The van der Waals surface area contributed by atoms with Gasteiger partial charge in [-0.3, -0.25) is 4.79 Å². The normalized spacial score (nSPS) is 22.7. The van der Waals surface area contributed by atoms with Crippen molar-refractivity contribution < 1.29 is 18.4 Å². The molecule has 1 unspecified atom stereocenters. The molecule has 136 valence electrons. The summed E-state index contributed by atoms with van der Waals surface area (Å²) >= 11 is 0. The summed E-state index contributed by atoms with van der Waals surface area (Å²) in [4.78, 5) is 9.95. The highest BCUT2D eigenvalue weighted by Gasteiger charge is 2.58. The maximum Gasteiger partial charge on any atom is 0.371 e. The molecule has 1 atom stereocenters. The molecule has 1 fully saturated rings. The molecule has 0 saturated carbocycles. The molecule has 0 aliphatic carbocycles. The maximum absolute atomic E-state index is 9.95. The zero-order chi connectivity index (χ0) is 17.8. The molecule has 0 aromatic heterocycles. The summed E-state index contributed by atoms with van der Waals surface area (Å²) in [5, 5.41) is 2.24. The summed E-state index contributed by atoms with van der Waals surface area (Å²) in [5.41, 5.74) is 0. The molecule has 1 rings (SSSR count). The van der Waals surface area contributed by atoms with E-state index in [4.69, 9.17) is 13.6 Å². The van der Waals surface area contributed by atoms with E-state index < -0.39 is 8.56 Å². The largest absolute Gasteiger partial charge is 0.393 e. The molecule has 0 aromatic rings. The molecule has 1 aliphatic heterocycles. The number of rotatable bonds is 8. The fraction of sp³-hybridized carbons (Fsp3) is 0.824. The Kier molecular flexibility index (Phi) is 11.4. The van der Waals surface area contributed by atoms with E-state index in [0.29, 0.717) is 0 Å². The highest BCUT2D eigenvalue weighted by atomic mass is 28.4. The lowest BCUT2D eigenvalue weighted by Crippen LogP contribution is -2.65. The zero-order valence-electron chi connectivity index (χ0n) is 15.6. The third kappa shape index (κ3) is 6.03. The number of amides is 1. The first-order valence-corrected chi connectivity index (χ1v) is 10.8. The van der Waals surface area contributed by atoms with Crippen LogP contribution in [0.25, 0.3) is 0 Å². The first-order valence-electron chi connectivity index (χ1n) is 8.77. The van der Waals surface area contributed by atoms with Crippen molar-refractivity contribution in [1.29, 1.82) is 0 Å². The third-order valence-corrected chi connectivity index (χ3v) is 8.87. The maximum atomic E-state index is 9.95. The molecule has 6 heteroatoms. The van der Waals surface area contributed by atoms with Crippen LogP contribution in [0.15, 0.2) is 12.7 Å². The van der Waals surface area contributed by atoms with Gasteiger partial charge in [-0.1, -0.05) is 26.3 Å². The highest BCUT2D eigenvalue weighted by Crippen LogP contribution is 2.42. The van der Waals surface area contributed by atoms with Gasteiger partial charge in [-0.05, 0) is 45.7 Å². The zero-order valence-corrected chi connectivity index (χ0v) is 16.6. The Morgan fingerprint density at radius 2 is 1.78 bits per heavy atom. The number of carbonyl (C=O) groups is 1. The van der Waals surface area contributed by atoms with E-state index in [2.05, 4.69) is 39.6 Å². The molecule has 1 amide bonds. The summed E-state index contributed by atoms with van der Waals surface area (Å²) in [5.74, 6) is -0.144. The van der Waals surface area contributed by atoms with E-state index in [1.165, 1.54) is 18.9 Å². The van der Waals surface area contributed by atoms with Crippen molar-refractivity contribution in [3.05, 3.63) is 12.7 Å². The Balaban J connectivity index is 0.000000688. The molecule has 0 spiro atoms. The first-order chi connectivity index (χ1) is 11.0. The van der Waals surface area contributed by atoms with E-state index in [0.717, 1.165) is 38.7 Å². The molecular formula is C17H35NO4Si. The summed E-state index contributed by atoms with van der Waals surface area (Å²) in [6, 6.07) is 1.09. The smallest absolute Gasteiger partial charge is 0.371 e. The van der Waals surface area contributed by atoms with Crippen LogP contribution in [0.2, 0.25) is 6.04 Å². The van der Waals surface area contributed by atoms with Gasteiger partial charge < -0.3 is 18.9 Å². The van der Waals surface area contributed by atoms with E-state index in [9.17, 15) is 4.79 Å². The van der Waals surface area contributed by atoms with Crippen LogP contribution in [-0.4, -0.2) is 46.6 Å². The van der Waals surface area contributed by atoms with Gasteiger partial charge in [0.25, 0.3) is 0 Å². The minimum atomic E-state index is -2.21. The van der Waals surface area contributed by atoms with Gasteiger partial charge in [0.05, 0.1) is 0 Å². The van der Waals surface area contributed by atoms with Crippen LogP contribution in [0.3, 0.4) is 0 Å². The number of ether oxygens (including phenoxy) is 1. The average Bonchev–Trinajstić information content (AvgIpc) is 2.57. The van der Waals surface area contributed by atoms with Gasteiger partial charge >= 0.3 is 8.56 Å². The predicted molar refractivity (Wildman–Crippen MR) is 96.6 cm³/mol. The molecular weight excluding hydrogens is 310 g/mol. The van der Waals surface area contributed by atoms with Crippen LogP contribution < -0.4 is 5.32 Å². The minimum absolute atomic E-state index is 0.119. The molecule has 0 bridgehead atoms. The SMILES string of the molecule is C=CC(=O)NC.CCOC1(CC)CCCC[Si]1(OCC)OCC. The Morgan fingerprint density at radius 3 is 2.13 bits per heavy atom. The van der Waals surface area contributed by atoms with Crippen molar-refractivity contribution in [2.45, 2.75) is 64.6 Å². The quantitative estimate of drug-likeness (QED) is 0.541. The second kappa shape index (κ2) is 11.8. The van der Waals surface area contributed by atoms with E-state index in [-0.39, 0.29) is 11.1 Å². The molecule has 0 radical (unpaired) electrons. The molecule has 1 heterocycles. The van der Waals surface area contributed by atoms with Crippen LogP contribution in [0.1, 0.15) is 53.4 Å². The van der Waals surface area contributed by atoms with Crippen molar-refractivity contribution in [1.82, 2.24) is 5.32 Å². The molecule has 1 aliphatic rings. The third-order valence-electron chi connectivity index (χ3n) is 4.21. The minimum Gasteiger partial charge on any atom is -0.393 e. The van der Waals surface area contributed by atoms with Crippen molar-refractivity contribution in [3.63, 3.8) is 0 Å². The first kappa shape index (κ1) is 22.3. The topological polar surface area (TPSA) is 56.8 Å². The number of likely N-dealkylation sites (N-methyl/N-ethyl adjacent to an activating group) is 1. The van der Waals surface area contributed by atoms with E-state index in [1.54, 1.807) is 7.05 Å². The second-order valence-electron chi connectivity index (χ2n) is 5.43. The van der Waals surface area contributed by atoms with Crippen LogP contribution in [0.5, 0.6) is 0 Å². The number of hydrogen-bond donors (Lipinski definition) is 1. The summed E-state index contributed by atoms with van der Waals surface area (Å²) in [6.07, 6.45) is 5.79. The number of nitrogens with one attached hydrogen (secondary N) is 1. The fourth-order valence-electron chi connectivity index (χ4n) is 3.21. The Hall–Kier alpha value is -0.693. The lowest BCUT2D eigenvalue weighted by Gasteiger charge is -2.49. The Labute approximate surface area is 143 Å². The fourth-order valence-corrected chi connectivity index (χ4v) is 7.67. The lowest BCUT2D eigenvalue weighted by molar-refractivity contribution is -0.116. The van der Waals surface area contributed by atoms with Gasteiger partial charge in [0.1, 0.15) is 5.22 Å². The standard InChI is InChI=1S/C13H28O3Si.C4H7NO/c1-5-13(14-6-2)11-9-10-12-17(13,15-7-3)16-8-4;1-3-4(6)5-2/h5-12H2,1-4H3;3H,1H2,2H3,(H,5,6). The number of carbonyl (C=O) groups excluding carboxylic acids is 1. The summed E-state index contributed by atoms with van der Waals surface area (Å²) in [7, 11) is -0.646. The highest BCUT2D eigenvalue weighted by molar-refractivity contribution is 6.70. The molecule has 1 N–H and O–H groups in total. The number of hydrogen-bond acceptors (Lipinski definition) is 4. The Morgan fingerprint density at radius 1 is 1.17 bits per heavy atom. The van der Waals surface area contributed by atoms with Crippen LogP contribution in [0, 0.1) is 0 Å².